The quantitative estimate of drug-likeness (QED) is 0.338. The lowest BCUT2D eigenvalue weighted by Crippen LogP contribution is -2.59. The molecule has 0 radical (unpaired) electrons. The summed E-state index contributed by atoms with van der Waals surface area (Å²) in [5.41, 5.74) is 4.49. The zero-order chi connectivity index (χ0) is 32.2. The number of primary amides is 1. The maximum absolute atomic E-state index is 14.5. The number of carbonyl (C=O) groups excluding carboxylic acids is 5. The summed E-state index contributed by atoms with van der Waals surface area (Å²) in [7, 11) is 2.04. The smallest absolute Gasteiger partial charge is 0.408 e. The van der Waals surface area contributed by atoms with Crippen molar-refractivity contribution in [2.24, 2.45) is 33.3 Å². The lowest BCUT2D eigenvalue weighted by molar-refractivity contribution is -0.143. The number of hydrogen-bond donors (Lipinski definition) is 3. The second kappa shape index (κ2) is 11.6. The van der Waals surface area contributed by atoms with Crippen molar-refractivity contribution in [3.8, 4) is 0 Å². The molecule has 2 aliphatic heterocycles. The molecule has 0 bridgehead atoms. The minimum Gasteiger partial charge on any atom is -0.446 e. The SMILES string of the molecule is CN1CCC(OC(=O)N[C@H](C(=O)N2C[C@]3(C[C@H]2C(=O)NC(CC2CCC2)C(=O)C(N)=O)C(C)(C)C32CCC2)C(C)(C)C)CC1. The van der Waals surface area contributed by atoms with Gasteiger partial charge in [0.2, 0.25) is 17.6 Å². The average Bonchev–Trinajstić information content (AvgIpc) is 3.12. The number of alkyl carbamates (subject to hydrolysis) is 1. The summed E-state index contributed by atoms with van der Waals surface area (Å²) < 4.78 is 5.74. The molecule has 11 heteroatoms. The zero-order valence-electron chi connectivity index (χ0n) is 27.5. The van der Waals surface area contributed by atoms with Crippen LogP contribution in [0.2, 0.25) is 0 Å². The largest absolute Gasteiger partial charge is 0.446 e. The van der Waals surface area contributed by atoms with E-state index in [2.05, 4.69) is 29.4 Å². The van der Waals surface area contributed by atoms with E-state index in [4.69, 9.17) is 10.5 Å². The molecule has 4 atom stereocenters. The number of amides is 4. The van der Waals surface area contributed by atoms with Crippen LogP contribution in [-0.2, 0) is 23.9 Å². The number of ketones is 1. The minimum absolute atomic E-state index is 0.0576. The van der Waals surface area contributed by atoms with E-state index in [1.54, 1.807) is 4.90 Å². The number of piperidine rings is 1. The first-order valence-electron chi connectivity index (χ1n) is 16.6. The van der Waals surface area contributed by atoms with Crippen LogP contribution in [0.5, 0.6) is 0 Å². The van der Waals surface area contributed by atoms with Gasteiger partial charge >= 0.3 is 6.09 Å². The highest BCUT2D eigenvalue weighted by molar-refractivity contribution is 6.37. The van der Waals surface area contributed by atoms with Crippen LogP contribution in [0.4, 0.5) is 4.79 Å². The third-order valence-corrected chi connectivity index (χ3v) is 12.4. The molecule has 11 nitrogen and oxygen atoms in total. The van der Waals surface area contributed by atoms with Crippen molar-refractivity contribution in [2.75, 3.05) is 26.7 Å². The molecule has 5 aliphatic rings. The van der Waals surface area contributed by atoms with Crippen molar-refractivity contribution >= 4 is 29.6 Å². The first-order valence-corrected chi connectivity index (χ1v) is 16.6. The predicted molar refractivity (Wildman–Crippen MR) is 164 cm³/mol. The molecular weight excluding hydrogens is 562 g/mol. The number of carbonyl (C=O) groups is 5. The molecular formula is C33H53N5O6. The van der Waals surface area contributed by atoms with Crippen LogP contribution in [0, 0.1) is 27.6 Å². The molecule has 4 amide bonds. The fourth-order valence-corrected chi connectivity index (χ4v) is 9.02. The van der Waals surface area contributed by atoms with Gasteiger partial charge in [-0.25, -0.2) is 4.79 Å². The highest BCUT2D eigenvalue weighted by Crippen LogP contribution is 2.88. The fourth-order valence-electron chi connectivity index (χ4n) is 9.02. The van der Waals surface area contributed by atoms with Gasteiger partial charge in [0.1, 0.15) is 18.2 Å². The number of likely N-dealkylation sites (tertiary alicyclic amines) is 2. The lowest BCUT2D eigenvalue weighted by Gasteiger charge is -2.36. The molecule has 3 saturated carbocycles. The highest BCUT2D eigenvalue weighted by atomic mass is 16.6. The summed E-state index contributed by atoms with van der Waals surface area (Å²) in [5, 5.41) is 5.73. The van der Waals surface area contributed by atoms with Crippen molar-refractivity contribution < 1.29 is 28.7 Å². The zero-order valence-corrected chi connectivity index (χ0v) is 27.5. The van der Waals surface area contributed by atoms with E-state index >= 15 is 0 Å². The van der Waals surface area contributed by atoms with Crippen LogP contribution in [-0.4, -0.2) is 90.3 Å². The summed E-state index contributed by atoms with van der Waals surface area (Å²) in [6, 6.07) is -2.77. The van der Waals surface area contributed by atoms with Gasteiger partial charge in [0.15, 0.2) is 0 Å². The molecule has 2 spiro atoms. The molecule has 2 heterocycles. The molecule has 2 saturated heterocycles. The van der Waals surface area contributed by atoms with Crippen molar-refractivity contribution in [3.05, 3.63) is 0 Å². The summed E-state index contributed by atoms with van der Waals surface area (Å²) >= 11 is 0. The summed E-state index contributed by atoms with van der Waals surface area (Å²) in [6.45, 7) is 12.2. The van der Waals surface area contributed by atoms with Gasteiger partial charge in [-0.15, -0.1) is 0 Å². The number of ether oxygens (including phenoxy) is 1. The molecule has 0 aromatic heterocycles. The molecule has 4 N–H and O–H groups in total. The Hall–Kier alpha value is -2.69. The van der Waals surface area contributed by atoms with Gasteiger partial charge in [-0.05, 0) is 67.7 Å². The van der Waals surface area contributed by atoms with E-state index in [1.807, 2.05) is 27.8 Å². The Morgan fingerprint density at radius 2 is 1.59 bits per heavy atom. The van der Waals surface area contributed by atoms with Gasteiger partial charge in [-0.3, -0.25) is 19.2 Å². The Balaban J connectivity index is 1.38. The van der Waals surface area contributed by atoms with Crippen LogP contribution in [0.25, 0.3) is 0 Å². The number of rotatable bonds is 9. The third kappa shape index (κ3) is 5.51. The molecule has 0 aromatic carbocycles. The maximum Gasteiger partial charge on any atom is 0.408 e. The van der Waals surface area contributed by atoms with Crippen molar-refractivity contribution in [1.82, 2.24) is 20.4 Å². The van der Waals surface area contributed by atoms with Gasteiger partial charge in [0, 0.05) is 25.0 Å². The van der Waals surface area contributed by atoms with Gasteiger partial charge < -0.3 is 30.9 Å². The normalized spacial score (nSPS) is 29.3. The van der Waals surface area contributed by atoms with Crippen LogP contribution in [0.15, 0.2) is 0 Å². The minimum atomic E-state index is -1.07. The van der Waals surface area contributed by atoms with E-state index in [0.29, 0.717) is 19.4 Å². The number of nitrogens with zero attached hydrogens (tertiary/aromatic N) is 2. The number of nitrogens with one attached hydrogen (secondary N) is 2. The maximum atomic E-state index is 14.5. The molecule has 1 unspecified atom stereocenters. The van der Waals surface area contributed by atoms with Crippen molar-refractivity contribution in [2.45, 2.75) is 123 Å². The highest BCUT2D eigenvalue weighted by Gasteiger charge is 2.85. The van der Waals surface area contributed by atoms with Crippen LogP contribution >= 0.6 is 0 Å². The average molecular weight is 616 g/mol. The van der Waals surface area contributed by atoms with E-state index in [-0.39, 0.29) is 34.2 Å². The Labute approximate surface area is 261 Å². The van der Waals surface area contributed by atoms with Crippen molar-refractivity contribution in [1.29, 1.82) is 0 Å². The Morgan fingerprint density at radius 1 is 0.955 bits per heavy atom. The molecule has 0 aromatic rings. The van der Waals surface area contributed by atoms with Gasteiger partial charge in [-0.1, -0.05) is 60.3 Å². The third-order valence-electron chi connectivity index (χ3n) is 12.4. The van der Waals surface area contributed by atoms with E-state index in [0.717, 1.165) is 64.5 Å². The topological polar surface area (TPSA) is 151 Å². The molecule has 44 heavy (non-hydrogen) atoms. The standard InChI is InChI=1S/C33H53N5O6/c1-30(2,3)25(36-29(43)44-21-11-15-37(6)16-12-21)28(42)38-19-33(31(4,5)32(33)13-8-14-32)18-23(38)27(41)35-22(24(39)26(34)40)17-20-9-7-10-20/h20-23,25H,7-19H2,1-6H3,(H2,34,40)(H,35,41)(H,36,43)/t22?,23-,25+,33+/m0/s1. The Morgan fingerprint density at radius 3 is 2.07 bits per heavy atom. The van der Waals surface area contributed by atoms with Crippen LogP contribution < -0.4 is 16.4 Å². The molecule has 3 aliphatic carbocycles. The first kappa shape index (κ1) is 32.7. The predicted octanol–water partition coefficient (Wildman–Crippen LogP) is 2.75. The van der Waals surface area contributed by atoms with Crippen LogP contribution in [0.3, 0.4) is 0 Å². The second-order valence-corrected chi connectivity index (χ2v) is 16.0. The van der Waals surface area contributed by atoms with Crippen molar-refractivity contribution in [3.63, 3.8) is 0 Å². The van der Waals surface area contributed by atoms with Gasteiger partial charge in [0.25, 0.3) is 5.91 Å². The van der Waals surface area contributed by atoms with Crippen LogP contribution in [0.1, 0.15) is 98.8 Å². The number of fused-ring (bicyclic) bond motifs is 1. The molecule has 246 valence electrons. The summed E-state index contributed by atoms with van der Waals surface area (Å²) in [5.74, 6) is -2.38. The Kier molecular flexibility index (Phi) is 8.61. The number of nitrogens with two attached hydrogens (primary N) is 1. The molecule has 5 rings (SSSR count). The van der Waals surface area contributed by atoms with E-state index < -0.39 is 47.2 Å². The summed E-state index contributed by atoms with van der Waals surface area (Å²) in [4.78, 5) is 70.3. The van der Waals surface area contributed by atoms with Gasteiger partial charge in [-0.2, -0.15) is 0 Å². The van der Waals surface area contributed by atoms with E-state index in [9.17, 15) is 24.0 Å². The Bertz CT molecular complexity index is 1180. The summed E-state index contributed by atoms with van der Waals surface area (Å²) in [6.07, 6.45) is 7.67. The lowest BCUT2D eigenvalue weighted by atomic mass is 9.73. The number of hydrogen-bond acceptors (Lipinski definition) is 7. The van der Waals surface area contributed by atoms with Gasteiger partial charge in [0.05, 0.1) is 6.04 Å². The monoisotopic (exact) mass is 615 g/mol. The second-order valence-electron chi connectivity index (χ2n) is 16.0. The first-order chi connectivity index (χ1) is 20.5. The molecule has 5 fully saturated rings. The fraction of sp³-hybridized carbons (Fsp3) is 0.848. The van der Waals surface area contributed by atoms with E-state index in [1.165, 1.54) is 0 Å². The number of Topliss-reactive ketones (excluding diaryl/α,β-unsaturated/α-hetero) is 1.